The van der Waals surface area contributed by atoms with Crippen LogP contribution in [0.3, 0.4) is 0 Å². The van der Waals surface area contributed by atoms with Crippen molar-refractivity contribution in [3.8, 4) is 56.4 Å². The zero-order chi connectivity index (χ0) is 38.7. The minimum atomic E-state index is 0.604. The van der Waals surface area contributed by atoms with E-state index in [4.69, 9.17) is 19.9 Å². The van der Waals surface area contributed by atoms with Gasteiger partial charge in [0.2, 0.25) is 0 Å². The maximum atomic E-state index is 5.10. The molecule has 1 aliphatic heterocycles. The summed E-state index contributed by atoms with van der Waals surface area (Å²) in [5.74, 6) is 1.84. The van der Waals surface area contributed by atoms with E-state index in [1.165, 1.54) is 27.3 Å². The molecule has 8 aromatic rings. The van der Waals surface area contributed by atoms with Crippen molar-refractivity contribution in [3.05, 3.63) is 157 Å². The number of nitrogens with zero attached hydrogens (tertiary/aromatic N) is 6. The first-order valence-corrected chi connectivity index (χ1v) is 19.4. The molecule has 0 atom stereocenters. The van der Waals surface area contributed by atoms with Gasteiger partial charge in [-0.2, -0.15) is 0 Å². The van der Waals surface area contributed by atoms with E-state index < -0.39 is 0 Å². The lowest BCUT2D eigenvalue weighted by molar-refractivity contribution is 1.07. The third-order valence-electron chi connectivity index (χ3n) is 10.5. The fourth-order valence-electron chi connectivity index (χ4n) is 7.40. The maximum Gasteiger partial charge on any atom is 0.164 e. The van der Waals surface area contributed by atoms with Crippen molar-refractivity contribution in [1.82, 2.24) is 15.0 Å². The molecular weight excluding hydrogens is 697 g/mol. The van der Waals surface area contributed by atoms with Crippen LogP contribution in [-0.2, 0) is 6.42 Å². The SMILES string of the molecule is C=Nc1cc(-c2ccc(-c3nc(-c4ccc(-c5ccc6c(c5)CC(C)=CCC=N6)cc4)nc(-c4ccc5cc6ccccc6cc5c4)n3)cc2)ccc1N=CCC. The molecule has 1 aromatic heterocycles. The van der Waals surface area contributed by atoms with Crippen LogP contribution in [0.2, 0.25) is 0 Å². The fourth-order valence-corrected chi connectivity index (χ4v) is 7.40. The molecule has 0 saturated carbocycles. The average molecular weight is 737 g/mol. The normalized spacial score (nSPS) is 12.7. The molecule has 0 N–H and O–H groups in total. The summed E-state index contributed by atoms with van der Waals surface area (Å²) in [6.45, 7) is 8.03. The van der Waals surface area contributed by atoms with Crippen molar-refractivity contribution in [1.29, 1.82) is 0 Å². The summed E-state index contributed by atoms with van der Waals surface area (Å²) in [7, 11) is 0. The Morgan fingerprint density at radius 2 is 1.12 bits per heavy atom. The Morgan fingerprint density at radius 1 is 0.561 bits per heavy atom. The number of rotatable bonds is 8. The molecule has 0 aliphatic carbocycles. The Balaban J connectivity index is 1.10. The zero-order valence-corrected chi connectivity index (χ0v) is 32.0. The molecule has 2 heterocycles. The number of aliphatic imine (C=N–C) groups is 3. The van der Waals surface area contributed by atoms with Crippen molar-refractivity contribution in [2.75, 3.05) is 0 Å². The summed E-state index contributed by atoms with van der Waals surface area (Å²) in [6.07, 6.45) is 8.74. The predicted octanol–water partition coefficient (Wildman–Crippen LogP) is 13.6. The molecule has 0 saturated heterocycles. The Morgan fingerprint density at radius 3 is 1.79 bits per heavy atom. The van der Waals surface area contributed by atoms with Gasteiger partial charge in [-0.1, -0.05) is 116 Å². The topological polar surface area (TPSA) is 75.8 Å². The largest absolute Gasteiger partial charge is 0.262 e. The fraction of sp³-hybridized carbons (Fsp3) is 0.0980. The Labute approximate surface area is 332 Å². The molecule has 0 unspecified atom stereocenters. The Kier molecular flexibility index (Phi) is 9.67. The molecule has 0 fully saturated rings. The van der Waals surface area contributed by atoms with E-state index in [0.29, 0.717) is 17.5 Å². The molecule has 1 aliphatic rings. The first-order valence-electron chi connectivity index (χ1n) is 19.4. The summed E-state index contributed by atoms with van der Waals surface area (Å²) in [4.78, 5) is 28.7. The average Bonchev–Trinajstić information content (AvgIpc) is 3.25. The van der Waals surface area contributed by atoms with Crippen molar-refractivity contribution >= 4 is 57.8 Å². The second-order valence-corrected chi connectivity index (χ2v) is 14.4. The van der Waals surface area contributed by atoms with Crippen LogP contribution in [0, 0.1) is 0 Å². The molecule has 7 aromatic carbocycles. The summed E-state index contributed by atoms with van der Waals surface area (Å²) in [6, 6.07) is 48.8. The molecule has 0 radical (unpaired) electrons. The van der Waals surface area contributed by atoms with Gasteiger partial charge in [0.1, 0.15) is 0 Å². The quantitative estimate of drug-likeness (QED) is 0.0885. The van der Waals surface area contributed by atoms with Gasteiger partial charge in [-0.15, -0.1) is 0 Å². The van der Waals surface area contributed by atoms with Crippen LogP contribution in [0.25, 0.3) is 78.0 Å². The van der Waals surface area contributed by atoms with Crippen LogP contribution in [-0.4, -0.2) is 34.1 Å². The number of benzene rings is 7. The standard InChI is InChI=1S/C51H40N6/c1-4-25-53-47-24-22-42(32-48(47)52-3)35-13-17-37(18-14-35)50-55-49(56-51(57-50)43-20-19-41-28-38-9-5-6-10-39(38)29-44(41)31-43)36-15-11-34(12-16-36)40-21-23-46-45(30-40)27-33(2)8-7-26-54-46/h5-6,8-26,28-32H,3-4,7,27H2,1-2H3. The van der Waals surface area contributed by atoms with E-state index >= 15 is 0 Å². The van der Waals surface area contributed by atoms with Crippen LogP contribution in [0.1, 0.15) is 32.3 Å². The van der Waals surface area contributed by atoms with Crippen LogP contribution >= 0.6 is 0 Å². The van der Waals surface area contributed by atoms with Crippen molar-refractivity contribution in [2.24, 2.45) is 15.0 Å². The molecule has 57 heavy (non-hydrogen) atoms. The van der Waals surface area contributed by atoms with Crippen molar-refractivity contribution in [2.45, 2.75) is 33.1 Å². The highest BCUT2D eigenvalue weighted by Crippen LogP contribution is 2.35. The lowest BCUT2D eigenvalue weighted by atomic mass is 9.96. The molecule has 6 heteroatoms. The van der Waals surface area contributed by atoms with Gasteiger partial charge < -0.3 is 0 Å². The van der Waals surface area contributed by atoms with Crippen LogP contribution in [0.5, 0.6) is 0 Å². The van der Waals surface area contributed by atoms with E-state index in [1.807, 2.05) is 24.6 Å². The number of fused-ring (bicyclic) bond motifs is 3. The lowest BCUT2D eigenvalue weighted by Crippen LogP contribution is -2.00. The summed E-state index contributed by atoms with van der Waals surface area (Å²) < 4.78 is 0. The zero-order valence-electron chi connectivity index (χ0n) is 32.0. The number of hydrogen-bond donors (Lipinski definition) is 0. The van der Waals surface area contributed by atoms with Gasteiger partial charge in [0.25, 0.3) is 0 Å². The molecule has 274 valence electrons. The third-order valence-corrected chi connectivity index (χ3v) is 10.5. The highest BCUT2D eigenvalue weighted by molar-refractivity contribution is 5.99. The molecule has 6 nitrogen and oxygen atoms in total. The number of hydrogen-bond acceptors (Lipinski definition) is 6. The summed E-state index contributed by atoms with van der Waals surface area (Å²) in [5.41, 5.74) is 12.3. The van der Waals surface area contributed by atoms with E-state index in [9.17, 15) is 0 Å². The first kappa shape index (κ1) is 35.5. The van der Waals surface area contributed by atoms with Gasteiger partial charge in [0, 0.05) is 35.5 Å². The molecule has 0 amide bonds. The summed E-state index contributed by atoms with van der Waals surface area (Å²) in [5, 5.41) is 4.72. The van der Waals surface area contributed by atoms with E-state index in [2.05, 4.69) is 164 Å². The lowest BCUT2D eigenvalue weighted by Gasteiger charge is -2.12. The Hall–Kier alpha value is -7.18. The Bertz CT molecular complexity index is 2900. The molecule has 9 rings (SSSR count). The van der Waals surface area contributed by atoms with E-state index in [-0.39, 0.29) is 0 Å². The van der Waals surface area contributed by atoms with Crippen LogP contribution in [0.4, 0.5) is 17.1 Å². The van der Waals surface area contributed by atoms with E-state index in [0.717, 1.165) is 80.7 Å². The predicted molar refractivity (Wildman–Crippen MR) is 240 cm³/mol. The first-order chi connectivity index (χ1) is 28.0. The van der Waals surface area contributed by atoms with Gasteiger partial charge in [-0.3, -0.25) is 15.0 Å². The minimum absolute atomic E-state index is 0.604. The number of aromatic nitrogens is 3. The van der Waals surface area contributed by atoms with Gasteiger partial charge in [-0.05, 0) is 118 Å². The smallest absolute Gasteiger partial charge is 0.164 e. The van der Waals surface area contributed by atoms with Crippen LogP contribution in [0.15, 0.2) is 166 Å². The summed E-state index contributed by atoms with van der Waals surface area (Å²) >= 11 is 0. The molecular formula is C51H40N6. The van der Waals surface area contributed by atoms with Crippen molar-refractivity contribution in [3.63, 3.8) is 0 Å². The highest BCUT2D eigenvalue weighted by atomic mass is 15.0. The molecule has 0 bridgehead atoms. The van der Waals surface area contributed by atoms with E-state index in [1.54, 1.807) is 0 Å². The number of allylic oxidation sites excluding steroid dienone is 2. The van der Waals surface area contributed by atoms with Crippen molar-refractivity contribution < 1.29 is 0 Å². The monoisotopic (exact) mass is 736 g/mol. The van der Waals surface area contributed by atoms with Gasteiger partial charge in [0.15, 0.2) is 17.5 Å². The van der Waals surface area contributed by atoms with Gasteiger partial charge in [0.05, 0.1) is 17.1 Å². The van der Waals surface area contributed by atoms with Crippen LogP contribution < -0.4 is 0 Å². The molecule has 0 spiro atoms. The van der Waals surface area contributed by atoms with Gasteiger partial charge in [-0.25, -0.2) is 15.0 Å². The third kappa shape index (κ3) is 7.45. The highest BCUT2D eigenvalue weighted by Gasteiger charge is 2.15. The second kappa shape index (κ2) is 15.5. The maximum absolute atomic E-state index is 5.10. The second-order valence-electron chi connectivity index (χ2n) is 14.4. The minimum Gasteiger partial charge on any atom is -0.262 e. The van der Waals surface area contributed by atoms with Gasteiger partial charge >= 0.3 is 0 Å².